The van der Waals surface area contributed by atoms with E-state index in [1.54, 1.807) is 29.2 Å². The van der Waals surface area contributed by atoms with Gasteiger partial charge >= 0.3 is 0 Å². The Morgan fingerprint density at radius 1 is 1.26 bits per heavy atom. The van der Waals surface area contributed by atoms with Gasteiger partial charge in [0, 0.05) is 17.3 Å². The summed E-state index contributed by atoms with van der Waals surface area (Å²) >= 11 is 5.89. The summed E-state index contributed by atoms with van der Waals surface area (Å²) in [5.74, 6) is -0.571. The van der Waals surface area contributed by atoms with Gasteiger partial charge in [-0.25, -0.2) is 0 Å². The number of carbonyl (C=O) groups excluding carboxylic acids is 2. The van der Waals surface area contributed by atoms with Crippen LogP contribution in [-0.2, 0) is 9.59 Å². The van der Waals surface area contributed by atoms with Crippen LogP contribution in [0.4, 0.5) is 5.69 Å². The Kier molecular flexibility index (Phi) is 4.03. The van der Waals surface area contributed by atoms with Crippen LogP contribution in [0.15, 0.2) is 24.3 Å². The molecule has 6 heteroatoms. The van der Waals surface area contributed by atoms with E-state index < -0.39 is 0 Å². The van der Waals surface area contributed by atoms with Crippen LogP contribution < -0.4 is 4.90 Å². The minimum atomic E-state index is -0.286. The smallest absolute Gasteiger partial charge is 0.248 e. The summed E-state index contributed by atoms with van der Waals surface area (Å²) in [4.78, 5) is 26.6. The fraction of sp³-hybridized carbons (Fsp3) is 0.308. The van der Waals surface area contributed by atoms with Gasteiger partial charge in [0.1, 0.15) is 0 Å². The summed E-state index contributed by atoms with van der Waals surface area (Å²) in [7, 11) is 0. The van der Waals surface area contributed by atoms with E-state index in [2.05, 4.69) is 0 Å². The molecule has 19 heavy (non-hydrogen) atoms. The van der Waals surface area contributed by atoms with E-state index >= 15 is 0 Å². The van der Waals surface area contributed by atoms with Gasteiger partial charge in [-0.3, -0.25) is 14.5 Å². The zero-order valence-electron chi connectivity index (χ0n) is 10.2. The fourth-order valence-corrected chi connectivity index (χ4v) is 2.14. The van der Waals surface area contributed by atoms with Crippen LogP contribution in [0.2, 0.25) is 5.02 Å². The molecule has 98 valence electrons. The van der Waals surface area contributed by atoms with Gasteiger partial charge in [0.25, 0.3) is 0 Å². The number of nitrogens with zero attached hydrogens (tertiary/aromatic N) is 3. The monoisotopic (exact) mass is 277 g/mol. The van der Waals surface area contributed by atoms with Gasteiger partial charge in [-0.15, -0.1) is 0 Å². The first kappa shape index (κ1) is 13.4. The molecule has 0 spiro atoms. The molecule has 1 aliphatic heterocycles. The average Bonchev–Trinajstić information content (AvgIpc) is 2.37. The van der Waals surface area contributed by atoms with Gasteiger partial charge in [-0.1, -0.05) is 17.7 Å². The molecule has 2 rings (SSSR count). The molecule has 0 saturated carbocycles. The number of benzene rings is 1. The lowest BCUT2D eigenvalue weighted by molar-refractivity contribution is -0.145. The van der Waals surface area contributed by atoms with Crippen molar-refractivity contribution in [3.63, 3.8) is 0 Å². The molecule has 0 bridgehead atoms. The van der Waals surface area contributed by atoms with Gasteiger partial charge in [0.05, 0.1) is 25.6 Å². The zero-order chi connectivity index (χ0) is 13.8. The Balaban J connectivity index is 2.11. The molecule has 1 saturated heterocycles. The number of nitriles is 1. The second kappa shape index (κ2) is 5.72. The minimum absolute atomic E-state index is 0.123. The summed E-state index contributed by atoms with van der Waals surface area (Å²) in [5.41, 5.74) is 0.745. The molecule has 0 N–H and O–H groups in total. The van der Waals surface area contributed by atoms with Crippen molar-refractivity contribution < 1.29 is 9.59 Å². The van der Waals surface area contributed by atoms with Crippen LogP contribution in [0, 0.1) is 11.3 Å². The quantitative estimate of drug-likeness (QED) is 0.784. The number of rotatable bonds is 3. The molecule has 0 aromatic heterocycles. The first-order valence-corrected chi connectivity index (χ1v) is 6.20. The van der Waals surface area contributed by atoms with Crippen molar-refractivity contribution in [2.75, 3.05) is 24.5 Å². The number of piperazine rings is 1. The predicted octanol–water partition coefficient (Wildman–Crippen LogP) is 1.43. The van der Waals surface area contributed by atoms with Crippen molar-refractivity contribution in [2.45, 2.75) is 6.42 Å². The molecule has 0 atom stereocenters. The zero-order valence-corrected chi connectivity index (χ0v) is 10.9. The Morgan fingerprint density at radius 3 is 2.53 bits per heavy atom. The van der Waals surface area contributed by atoms with Crippen molar-refractivity contribution in [2.24, 2.45) is 0 Å². The van der Waals surface area contributed by atoms with E-state index in [1.165, 1.54) is 0 Å². The fourth-order valence-electron chi connectivity index (χ4n) is 1.96. The van der Waals surface area contributed by atoms with Gasteiger partial charge in [0.2, 0.25) is 11.8 Å². The molecule has 0 unspecified atom stereocenters. The normalized spacial score (nSPS) is 15.6. The third kappa shape index (κ3) is 3.04. The first-order chi connectivity index (χ1) is 9.11. The lowest BCUT2D eigenvalue weighted by atomic mass is 10.2. The van der Waals surface area contributed by atoms with Gasteiger partial charge in [-0.2, -0.15) is 5.26 Å². The molecule has 1 aromatic rings. The molecule has 1 aliphatic rings. The van der Waals surface area contributed by atoms with E-state index in [4.69, 9.17) is 16.9 Å². The summed E-state index contributed by atoms with van der Waals surface area (Å²) in [5, 5.41) is 9.07. The van der Waals surface area contributed by atoms with Crippen molar-refractivity contribution in [1.82, 2.24) is 4.90 Å². The maximum Gasteiger partial charge on any atom is 0.248 e. The predicted molar refractivity (Wildman–Crippen MR) is 70.6 cm³/mol. The molecule has 2 amide bonds. The third-order valence-electron chi connectivity index (χ3n) is 2.87. The van der Waals surface area contributed by atoms with E-state index in [1.807, 2.05) is 6.07 Å². The Hall–Kier alpha value is -2.06. The van der Waals surface area contributed by atoms with Crippen LogP contribution in [0.1, 0.15) is 6.42 Å². The van der Waals surface area contributed by atoms with E-state index in [9.17, 15) is 9.59 Å². The molecule has 0 radical (unpaired) electrons. The van der Waals surface area contributed by atoms with Crippen molar-refractivity contribution in [1.29, 1.82) is 5.26 Å². The number of imide groups is 1. The molecule has 1 fully saturated rings. The largest absolute Gasteiger partial charge is 0.353 e. The SMILES string of the molecule is N#CCCN1C(=O)CN(c2cccc(Cl)c2)CC1=O. The number of carbonyl (C=O) groups is 2. The standard InChI is InChI=1S/C13H12ClN3O2/c14-10-3-1-4-11(7-10)16-8-12(18)17(6-2-5-15)13(19)9-16/h1,3-4,7H,2,6,8-9H2. The maximum absolute atomic E-state index is 11.9. The first-order valence-electron chi connectivity index (χ1n) is 5.82. The number of anilines is 1. The number of halogens is 1. The summed E-state index contributed by atoms with van der Waals surface area (Å²) in [6.07, 6.45) is 0.161. The summed E-state index contributed by atoms with van der Waals surface area (Å²) in [6.45, 7) is 0.409. The number of amides is 2. The highest BCUT2D eigenvalue weighted by Gasteiger charge is 2.30. The third-order valence-corrected chi connectivity index (χ3v) is 3.11. The van der Waals surface area contributed by atoms with Crippen molar-refractivity contribution in [3.05, 3.63) is 29.3 Å². The second-order valence-corrected chi connectivity index (χ2v) is 4.62. The van der Waals surface area contributed by atoms with Crippen LogP contribution in [0.25, 0.3) is 0 Å². The van der Waals surface area contributed by atoms with Crippen LogP contribution in [0.5, 0.6) is 0 Å². The maximum atomic E-state index is 11.9. The van der Waals surface area contributed by atoms with Crippen LogP contribution in [0.3, 0.4) is 0 Å². The Bertz CT molecular complexity index is 535. The van der Waals surface area contributed by atoms with E-state index in [-0.39, 0.29) is 37.9 Å². The highest BCUT2D eigenvalue weighted by molar-refractivity contribution is 6.30. The summed E-state index contributed by atoms with van der Waals surface area (Å²) < 4.78 is 0. The number of hydrogen-bond acceptors (Lipinski definition) is 4. The molecule has 0 aliphatic carbocycles. The Morgan fingerprint density at radius 2 is 1.95 bits per heavy atom. The molecule has 1 aromatic carbocycles. The van der Waals surface area contributed by atoms with E-state index in [0.717, 1.165) is 10.6 Å². The van der Waals surface area contributed by atoms with Gasteiger partial charge in [-0.05, 0) is 18.2 Å². The van der Waals surface area contributed by atoms with Gasteiger partial charge < -0.3 is 4.90 Å². The molecular formula is C13H12ClN3O2. The van der Waals surface area contributed by atoms with E-state index in [0.29, 0.717) is 5.02 Å². The van der Waals surface area contributed by atoms with Crippen molar-refractivity contribution in [3.8, 4) is 6.07 Å². The van der Waals surface area contributed by atoms with Crippen LogP contribution in [-0.4, -0.2) is 36.3 Å². The van der Waals surface area contributed by atoms with Gasteiger partial charge in [0.15, 0.2) is 0 Å². The summed E-state index contributed by atoms with van der Waals surface area (Å²) in [6, 6.07) is 8.95. The highest BCUT2D eigenvalue weighted by atomic mass is 35.5. The Labute approximate surface area is 116 Å². The second-order valence-electron chi connectivity index (χ2n) is 4.18. The number of hydrogen-bond donors (Lipinski definition) is 0. The molecule has 5 nitrogen and oxygen atoms in total. The minimum Gasteiger partial charge on any atom is -0.353 e. The van der Waals surface area contributed by atoms with Crippen molar-refractivity contribution >= 4 is 29.1 Å². The van der Waals surface area contributed by atoms with Crippen LogP contribution >= 0.6 is 11.6 Å². The lowest BCUT2D eigenvalue weighted by Gasteiger charge is -2.33. The molecule has 1 heterocycles. The molecular weight excluding hydrogens is 266 g/mol. The topological polar surface area (TPSA) is 64.4 Å². The highest BCUT2D eigenvalue weighted by Crippen LogP contribution is 2.21. The average molecular weight is 278 g/mol. The lowest BCUT2D eigenvalue weighted by Crippen LogP contribution is -2.54.